The van der Waals surface area contributed by atoms with Gasteiger partial charge in [-0.3, -0.25) is 4.40 Å². The minimum atomic E-state index is -0.629. The first-order valence-corrected chi connectivity index (χ1v) is 12.6. The monoisotopic (exact) mass is 476 g/mol. The number of nitrogens with zero attached hydrogens (tertiary/aromatic N) is 5. The van der Waals surface area contributed by atoms with E-state index in [1.54, 1.807) is 6.20 Å². The highest BCUT2D eigenvalue weighted by atomic mass is 16.3. The average molecular weight is 477 g/mol. The third-order valence-corrected chi connectivity index (χ3v) is 7.73. The summed E-state index contributed by atoms with van der Waals surface area (Å²) in [6.07, 6.45) is 6.30. The van der Waals surface area contributed by atoms with Gasteiger partial charge in [-0.15, -0.1) is 0 Å². The second-order valence-electron chi connectivity index (χ2n) is 10.3. The largest absolute Gasteiger partial charge is 0.389 e. The molecule has 2 aromatic carbocycles. The van der Waals surface area contributed by atoms with Crippen LogP contribution < -0.4 is 5.73 Å². The standard InChI is InChI=1S/C29H28N6O/c30-27-26-25(21-8-7-20-9-10-23(32-24(20)15-21)19-5-2-1-3-6-19)33-28(35(26)14-11-31-27)22-16-29(36,17-22)18-34-12-4-13-34/h1-3,5-11,14-15,22,36H,4,12-13,16-18H2,(H2,30,31)/t22-,29-. The van der Waals surface area contributed by atoms with Gasteiger partial charge in [0.1, 0.15) is 22.9 Å². The molecule has 1 aliphatic heterocycles. The molecule has 7 rings (SSSR count). The molecule has 0 amide bonds. The summed E-state index contributed by atoms with van der Waals surface area (Å²) in [6.45, 7) is 2.94. The second-order valence-corrected chi connectivity index (χ2v) is 10.3. The zero-order chi connectivity index (χ0) is 24.3. The molecule has 0 bridgehead atoms. The lowest BCUT2D eigenvalue weighted by atomic mass is 9.70. The van der Waals surface area contributed by atoms with Crippen LogP contribution in [0.3, 0.4) is 0 Å². The van der Waals surface area contributed by atoms with Crippen molar-refractivity contribution >= 4 is 22.2 Å². The van der Waals surface area contributed by atoms with Gasteiger partial charge < -0.3 is 15.7 Å². The first-order valence-electron chi connectivity index (χ1n) is 12.6. The van der Waals surface area contributed by atoms with E-state index >= 15 is 0 Å². The van der Waals surface area contributed by atoms with Crippen LogP contribution in [0, 0.1) is 0 Å². The quantitative estimate of drug-likeness (QED) is 0.388. The van der Waals surface area contributed by atoms with E-state index in [0.717, 1.165) is 64.4 Å². The molecular weight excluding hydrogens is 448 g/mol. The Labute approximate surface area is 209 Å². The van der Waals surface area contributed by atoms with Crippen LogP contribution in [0.15, 0.2) is 73.1 Å². The first kappa shape index (κ1) is 21.5. The third-order valence-electron chi connectivity index (χ3n) is 7.73. The minimum absolute atomic E-state index is 0.183. The Morgan fingerprint density at radius 3 is 2.56 bits per heavy atom. The Kier molecular flexibility index (Phi) is 4.84. The van der Waals surface area contributed by atoms with Crippen LogP contribution in [0.25, 0.3) is 38.9 Å². The number of anilines is 1. The molecule has 36 heavy (non-hydrogen) atoms. The summed E-state index contributed by atoms with van der Waals surface area (Å²) < 4.78 is 2.06. The maximum Gasteiger partial charge on any atom is 0.150 e. The predicted octanol–water partition coefficient (Wildman–Crippen LogP) is 4.51. The number of likely N-dealkylation sites (tertiary alicyclic amines) is 1. The van der Waals surface area contributed by atoms with Gasteiger partial charge in [0.25, 0.3) is 0 Å². The van der Waals surface area contributed by atoms with Crippen molar-refractivity contribution in [1.29, 1.82) is 0 Å². The Hall–Kier alpha value is -3.81. The molecule has 0 atom stereocenters. The van der Waals surface area contributed by atoms with Crippen LogP contribution >= 0.6 is 0 Å². The number of nitrogens with two attached hydrogens (primary N) is 1. The minimum Gasteiger partial charge on any atom is -0.389 e. The van der Waals surface area contributed by atoms with Crippen LogP contribution in [-0.4, -0.2) is 54.6 Å². The third kappa shape index (κ3) is 3.54. The summed E-state index contributed by atoms with van der Waals surface area (Å²) in [7, 11) is 0. The summed E-state index contributed by atoms with van der Waals surface area (Å²) in [4.78, 5) is 16.7. The Morgan fingerprint density at radius 1 is 0.972 bits per heavy atom. The normalized spacial score (nSPS) is 22.0. The zero-order valence-corrected chi connectivity index (χ0v) is 20.0. The molecule has 3 N–H and O–H groups in total. The topological polar surface area (TPSA) is 92.6 Å². The lowest BCUT2D eigenvalue weighted by molar-refractivity contribution is -0.0835. The number of fused-ring (bicyclic) bond motifs is 2. The van der Waals surface area contributed by atoms with Crippen molar-refractivity contribution in [2.24, 2.45) is 0 Å². The molecule has 2 aliphatic rings. The lowest BCUT2D eigenvalue weighted by Gasteiger charge is -2.47. The molecule has 7 nitrogen and oxygen atoms in total. The number of benzene rings is 2. The Balaban J connectivity index is 1.28. The van der Waals surface area contributed by atoms with Crippen molar-refractivity contribution in [3.05, 3.63) is 78.9 Å². The van der Waals surface area contributed by atoms with Crippen LogP contribution in [0.5, 0.6) is 0 Å². The van der Waals surface area contributed by atoms with E-state index in [4.69, 9.17) is 15.7 Å². The fourth-order valence-electron chi connectivity index (χ4n) is 5.74. The Morgan fingerprint density at radius 2 is 1.78 bits per heavy atom. The number of hydrogen-bond donors (Lipinski definition) is 2. The summed E-state index contributed by atoms with van der Waals surface area (Å²) >= 11 is 0. The van der Waals surface area contributed by atoms with Gasteiger partial charge in [-0.05, 0) is 44.5 Å². The number of β-amino-alcohol motifs (C(OH)–C–C–N with tert-alkyl or cyclic N) is 1. The van der Waals surface area contributed by atoms with Crippen LogP contribution in [0.1, 0.15) is 31.0 Å². The predicted molar refractivity (Wildman–Crippen MR) is 142 cm³/mol. The van der Waals surface area contributed by atoms with Crippen molar-refractivity contribution in [2.45, 2.75) is 30.8 Å². The van der Waals surface area contributed by atoms with Crippen molar-refractivity contribution in [2.75, 3.05) is 25.4 Å². The Bertz CT molecular complexity index is 1580. The van der Waals surface area contributed by atoms with Gasteiger partial charge in [-0.2, -0.15) is 0 Å². The zero-order valence-electron chi connectivity index (χ0n) is 20.0. The van der Waals surface area contributed by atoms with Gasteiger partial charge in [0, 0.05) is 41.4 Å². The molecule has 0 unspecified atom stereocenters. The van der Waals surface area contributed by atoms with E-state index in [0.29, 0.717) is 18.7 Å². The van der Waals surface area contributed by atoms with Crippen molar-refractivity contribution in [3.63, 3.8) is 0 Å². The van der Waals surface area contributed by atoms with E-state index in [2.05, 4.69) is 56.7 Å². The average Bonchev–Trinajstić information content (AvgIpc) is 3.25. The van der Waals surface area contributed by atoms with Gasteiger partial charge in [0.05, 0.1) is 16.8 Å². The van der Waals surface area contributed by atoms with Gasteiger partial charge in [0.2, 0.25) is 0 Å². The molecule has 0 radical (unpaired) electrons. The van der Waals surface area contributed by atoms with Gasteiger partial charge >= 0.3 is 0 Å². The molecule has 1 aliphatic carbocycles. The van der Waals surface area contributed by atoms with E-state index in [-0.39, 0.29) is 5.92 Å². The molecule has 2 fully saturated rings. The number of imidazole rings is 1. The molecule has 5 aromatic rings. The molecule has 4 heterocycles. The van der Waals surface area contributed by atoms with E-state index in [1.165, 1.54) is 6.42 Å². The number of aromatic nitrogens is 4. The number of nitrogen functional groups attached to an aromatic ring is 1. The molecule has 7 heteroatoms. The fraction of sp³-hybridized carbons (Fsp3) is 0.276. The molecule has 1 saturated carbocycles. The summed E-state index contributed by atoms with van der Waals surface area (Å²) in [5.41, 5.74) is 11.3. The smallest absolute Gasteiger partial charge is 0.150 e. The van der Waals surface area contributed by atoms with Crippen molar-refractivity contribution in [3.8, 4) is 22.5 Å². The summed E-state index contributed by atoms with van der Waals surface area (Å²) in [5, 5.41) is 12.1. The van der Waals surface area contributed by atoms with Crippen LogP contribution in [-0.2, 0) is 0 Å². The van der Waals surface area contributed by atoms with Gasteiger partial charge in [-0.1, -0.05) is 48.5 Å². The highest BCUT2D eigenvalue weighted by Gasteiger charge is 2.46. The second kappa shape index (κ2) is 8.11. The fourth-order valence-corrected chi connectivity index (χ4v) is 5.74. The van der Waals surface area contributed by atoms with E-state index < -0.39 is 5.60 Å². The number of hydrogen-bond acceptors (Lipinski definition) is 6. The number of rotatable bonds is 5. The van der Waals surface area contributed by atoms with Crippen molar-refractivity contribution in [1.82, 2.24) is 24.3 Å². The summed E-state index contributed by atoms with van der Waals surface area (Å²) in [5.74, 6) is 1.57. The molecule has 3 aromatic heterocycles. The van der Waals surface area contributed by atoms with E-state index in [1.807, 2.05) is 24.4 Å². The maximum atomic E-state index is 11.0. The van der Waals surface area contributed by atoms with Gasteiger partial charge in [-0.25, -0.2) is 15.0 Å². The number of aliphatic hydroxyl groups is 1. The van der Waals surface area contributed by atoms with E-state index in [9.17, 15) is 5.11 Å². The molecule has 1 saturated heterocycles. The SMILES string of the molecule is Nc1nccn2c1c(-c1ccc3ccc(-c4ccccc4)nc3c1)nc2[C@H]1C[C@@](O)(CN2CCC2)C1. The lowest BCUT2D eigenvalue weighted by Crippen LogP contribution is -2.54. The highest BCUT2D eigenvalue weighted by Crippen LogP contribution is 2.46. The molecule has 0 spiro atoms. The van der Waals surface area contributed by atoms with Crippen LogP contribution in [0.2, 0.25) is 0 Å². The number of pyridine rings is 1. The molecule has 180 valence electrons. The molecular formula is C29H28N6O. The van der Waals surface area contributed by atoms with Crippen LogP contribution in [0.4, 0.5) is 5.82 Å². The maximum absolute atomic E-state index is 11.0. The highest BCUT2D eigenvalue weighted by molar-refractivity contribution is 5.91. The van der Waals surface area contributed by atoms with Crippen molar-refractivity contribution < 1.29 is 5.11 Å². The summed E-state index contributed by atoms with van der Waals surface area (Å²) in [6, 6.07) is 20.6. The van der Waals surface area contributed by atoms with Gasteiger partial charge in [0.15, 0.2) is 0 Å². The first-order chi connectivity index (χ1) is 17.6.